The third kappa shape index (κ3) is 44.1. The predicted octanol–water partition coefficient (Wildman–Crippen LogP) is 14.8. The highest BCUT2D eigenvalue weighted by molar-refractivity contribution is 5.70. The van der Waals surface area contributed by atoms with E-state index >= 15 is 0 Å². The lowest BCUT2D eigenvalue weighted by molar-refractivity contribution is -0.167. The van der Waals surface area contributed by atoms with Crippen molar-refractivity contribution in [2.24, 2.45) is 0 Å². The lowest BCUT2D eigenvalue weighted by Gasteiger charge is -2.21. The highest BCUT2D eigenvalue weighted by Crippen LogP contribution is 2.15. The van der Waals surface area contributed by atoms with Gasteiger partial charge >= 0.3 is 17.9 Å². The number of esters is 3. The summed E-state index contributed by atoms with van der Waals surface area (Å²) >= 11 is 0. The average Bonchev–Trinajstić information content (AvgIpc) is 3.25. The van der Waals surface area contributed by atoms with E-state index in [0.717, 1.165) is 70.6 Å². The number of carbonyl (C=O) groups excluding carboxylic acids is 3. The number of unbranched alkanes of at least 4 members (excludes halogenated alkanes) is 31. The molecule has 0 amide bonds. The fraction of sp³-hybridized carbons (Fsp3) is 0.904. The number of hydrogen-bond donors (Lipinski definition) is 1. The highest BCUT2D eigenvalue weighted by atomic mass is 16.6. The van der Waals surface area contributed by atoms with E-state index < -0.39 is 12.2 Å². The van der Waals surface area contributed by atoms with Crippen molar-refractivity contribution in [3.63, 3.8) is 0 Å². The first-order chi connectivity index (χ1) is 29.5. The maximum Gasteiger partial charge on any atom is 0.306 e. The third-order valence-electron chi connectivity index (χ3n) is 11.5. The second kappa shape index (κ2) is 48.1. The Morgan fingerprint density at radius 3 is 1.03 bits per heavy atom. The Bertz CT molecular complexity index is 952. The van der Waals surface area contributed by atoms with Crippen molar-refractivity contribution in [3.8, 4) is 0 Å². The fourth-order valence-corrected chi connectivity index (χ4v) is 7.48. The Hall–Kier alpha value is -1.93. The summed E-state index contributed by atoms with van der Waals surface area (Å²) in [7, 11) is 0. The molecule has 0 heterocycles. The first-order valence-corrected chi connectivity index (χ1v) is 25.8. The molecular weight excluding hydrogens is 753 g/mol. The number of ether oxygens (including phenoxy) is 4. The monoisotopic (exact) mass is 851 g/mol. The molecule has 0 spiro atoms. The number of carbonyl (C=O) groups is 3. The molecular formula is C52H98O8. The molecule has 0 fully saturated rings. The van der Waals surface area contributed by atoms with Crippen LogP contribution in [0.2, 0.25) is 0 Å². The smallest absolute Gasteiger partial charge is 0.306 e. The maximum atomic E-state index is 12.8. The average molecular weight is 851 g/mol. The molecule has 8 heteroatoms. The molecule has 0 saturated carbocycles. The minimum Gasteiger partial charge on any atom is -0.463 e. The highest BCUT2D eigenvalue weighted by Gasteiger charge is 2.21. The zero-order valence-corrected chi connectivity index (χ0v) is 39.8. The topological polar surface area (TPSA) is 108 Å². The largest absolute Gasteiger partial charge is 0.463 e. The zero-order chi connectivity index (χ0) is 43.8. The van der Waals surface area contributed by atoms with Crippen LogP contribution in [0.3, 0.4) is 0 Å². The minimum absolute atomic E-state index is 0.0628. The lowest BCUT2D eigenvalue weighted by Crippen LogP contribution is -2.34. The Balaban J connectivity index is 4.48. The maximum absolute atomic E-state index is 12.8. The van der Waals surface area contributed by atoms with Crippen LogP contribution in [0.5, 0.6) is 0 Å². The van der Waals surface area contributed by atoms with Gasteiger partial charge in [-0.3, -0.25) is 14.4 Å². The van der Waals surface area contributed by atoms with E-state index in [1.165, 1.54) is 154 Å². The van der Waals surface area contributed by atoms with Crippen molar-refractivity contribution >= 4 is 17.9 Å². The molecule has 0 rings (SSSR count). The summed E-state index contributed by atoms with van der Waals surface area (Å²) in [6.07, 6.45) is 46.1. The number of hydrogen-bond acceptors (Lipinski definition) is 8. The summed E-state index contributed by atoms with van der Waals surface area (Å²) in [5.74, 6) is -0.950. The predicted molar refractivity (Wildman–Crippen MR) is 250 cm³/mol. The summed E-state index contributed by atoms with van der Waals surface area (Å²) in [5.41, 5.74) is 0. The number of aliphatic hydroxyl groups is 1. The van der Waals surface area contributed by atoms with Gasteiger partial charge in [-0.1, -0.05) is 213 Å². The van der Waals surface area contributed by atoms with Gasteiger partial charge in [0.25, 0.3) is 0 Å². The van der Waals surface area contributed by atoms with E-state index in [-0.39, 0.29) is 44.3 Å². The lowest BCUT2D eigenvalue weighted by atomic mass is 10.1. The number of aliphatic hydroxyl groups excluding tert-OH is 1. The molecule has 1 N–H and O–H groups in total. The van der Waals surface area contributed by atoms with Crippen LogP contribution in [-0.4, -0.2) is 61.6 Å². The van der Waals surface area contributed by atoms with E-state index in [2.05, 4.69) is 32.9 Å². The normalized spacial score (nSPS) is 12.5. The molecule has 2 atom stereocenters. The van der Waals surface area contributed by atoms with Gasteiger partial charge < -0.3 is 24.1 Å². The summed E-state index contributed by atoms with van der Waals surface area (Å²) < 4.78 is 22.5. The van der Waals surface area contributed by atoms with Crippen molar-refractivity contribution in [2.75, 3.05) is 26.4 Å². The molecule has 0 aromatic heterocycles. The quantitative estimate of drug-likeness (QED) is 0.0279. The van der Waals surface area contributed by atoms with Gasteiger partial charge in [-0.25, -0.2) is 0 Å². The Labute approximate surface area is 370 Å². The van der Waals surface area contributed by atoms with Crippen LogP contribution in [0.4, 0.5) is 0 Å². The van der Waals surface area contributed by atoms with E-state index in [0.29, 0.717) is 19.3 Å². The van der Waals surface area contributed by atoms with Crippen LogP contribution in [0, 0.1) is 0 Å². The molecule has 0 aliphatic rings. The summed E-state index contributed by atoms with van der Waals surface area (Å²) in [5, 5.41) is 9.96. The fourth-order valence-electron chi connectivity index (χ4n) is 7.48. The van der Waals surface area contributed by atoms with Gasteiger partial charge in [-0.2, -0.15) is 0 Å². The number of rotatable bonds is 48. The van der Waals surface area contributed by atoms with Gasteiger partial charge in [0, 0.05) is 19.3 Å². The second-order valence-corrected chi connectivity index (χ2v) is 17.5. The standard InChI is InChI=1S/C52H98O8/c1-4-7-10-13-16-19-22-23-24-25-28-30-33-35-38-41-50(54)58-45-48(44-53)57-46-49(60-52(56)43-40-37-34-31-27-21-18-15-12-9-6-3)47-59-51(55)42-39-36-32-29-26-20-17-14-11-8-5-2/h23-24,48-49,53H,4-22,25-47H2,1-3H3. The van der Waals surface area contributed by atoms with Gasteiger partial charge in [0.15, 0.2) is 6.10 Å². The molecule has 0 aliphatic heterocycles. The van der Waals surface area contributed by atoms with Gasteiger partial charge in [0.05, 0.1) is 13.2 Å². The Morgan fingerprint density at radius 2 is 0.683 bits per heavy atom. The first kappa shape index (κ1) is 58.1. The molecule has 354 valence electrons. The first-order valence-electron chi connectivity index (χ1n) is 25.8. The molecule has 2 unspecified atom stereocenters. The van der Waals surface area contributed by atoms with Gasteiger partial charge in [0.2, 0.25) is 0 Å². The van der Waals surface area contributed by atoms with E-state index in [1.54, 1.807) is 0 Å². The van der Waals surface area contributed by atoms with Crippen LogP contribution in [-0.2, 0) is 33.3 Å². The summed E-state index contributed by atoms with van der Waals surface area (Å²) in [6, 6.07) is 0. The SMILES string of the molecule is CCCCCCCCC=CCCCCCCCC(=O)OCC(CO)OCC(COC(=O)CCCCCCCCCCCCC)OC(=O)CCCCCCCCCCCCC. The van der Waals surface area contributed by atoms with E-state index in [1.807, 2.05) is 0 Å². The van der Waals surface area contributed by atoms with Gasteiger partial charge in [0.1, 0.15) is 19.3 Å². The molecule has 0 radical (unpaired) electrons. The Kier molecular flexibility index (Phi) is 46.6. The van der Waals surface area contributed by atoms with Gasteiger partial charge in [-0.05, 0) is 44.9 Å². The van der Waals surface area contributed by atoms with Crippen LogP contribution in [0.15, 0.2) is 12.2 Å². The molecule has 0 saturated heterocycles. The molecule has 0 bridgehead atoms. The minimum atomic E-state index is -0.799. The van der Waals surface area contributed by atoms with Crippen molar-refractivity contribution < 1.29 is 38.4 Å². The van der Waals surface area contributed by atoms with Crippen molar-refractivity contribution in [1.29, 1.82) is 0 Å². The summed E-state index contributed by atoms with van der Waals surface area (Å²) in [4.78, 5) is 37.8. The second-order valence-electron chi connectivity index (χ2n) is 17.5. The van der Waals surface area contributed by atoms with E-state index in [4.69, 9.17) is 18.9 Å². The van der Waals surface area contributed by atoms with Crippen LogP contribution in [0.1, 0.15) is 265 Å². The van der Waals surface area contributed by atoms with Crippen LogP contribution < -0.4 is 0 Å². The van der Waals surface area contributed by atoms with E-state index in [9.17, 15) is 19.5 Å². The van der Waals surface area contributed by atoms with Crippen molar-refractivity contribution in [2.45, 2.75) is 277 Å². The molecule has 0 aromatic carbocycles. The molecule has 8 nitrogen and oxygen atoms in total. The molecule has 60 heavy (non-hydrogen) atoms. The van der Waals surface area contributed by atoms with Gasteiger partial charge in [-0.15, -0.1) is 0 Å². The summed E-state index contributed by atoms with van der Waals surface area (Å²) in [6.45, 7) is 6.15. The number of allylic oxidation sites excluding steroid dienone is 2. The zero-order valence-electron chi connectivity index (χ0n) is 39.8. The Morgan fingerprint density at radius 1 is 0.383 bits per heavy atom. The van der Waals surface area contributed by atoms with Crippen LogP contribution >= 0.6 is 0 Å². The molecule has 0 aromatic rings. The van der Waals surface area contributed by atoms with Crippen molar-refractivity contribution in [1.82, 2.24) is 0 Å². The molecule has 0 aliphatic carbocycles. The third-order valence-corrected chi connectivity index (χ3v) is 11.5. The van der Waals surface area contributed by atoms with Crippen molar-refractivity contribution in [3.05, 3.63) is 12.2 Å². The van der Waals surface area contributed by atoms with Crippen LogP contribution in [0.25, 0.3) is 0 Å².